The number of nitrogen functional groups attached to an aromatic ring is 1. The Labute approximate surface area is 103 Å². The highest BCUT2D eigenvalue weighted by Crippen LogP contribution is 2.19. The molecule has 0 spiro atoms. The van der Waals surface area contributed by atoms with Gasteiger partial charge in [0.05, 0.1) is 16.8 Å². The highest BCUT2D eigenvalue weighted by atomic mass is 35.5. The largest absolute Gasteiger partial charge is 0.398 e. The molecule has 6 heteroatoms. The normalized spacial score (nSPS) is 18.9. The fourth-order valence-corrected chi connectivity index (χ4v) is 1.82. The number of nitrogens with two attached hydrogens (primary N) is 1. The van der Waals surface area contributed by atoms with Crippen LogP contribution in [0.25, 0.3) is 0 Å². The van der Waals surface area contributed by atoms with Crippen LogP contribution in [0.2, 0.25) is 5.02 Å². The van der Waals surface area contributed by atoms with Crippen molar-refractivity contribution in [1.29, 1.82) is 0 Å². The van der Waals surface area contributed by atoms with Gasteiger partial charge in [0.2, 0.25) is 5.91 Å². The number of carbonyl (C=O) groups is 2. The molecular formula is C11H12ClN3O2. The van der Waals surface area contributed by atoms with Crippen molar-refractivity contribution in [3.63, 3.8) is 0 Å². The Morgan fingerprint density at radius 1 is 1.53 bits per heavy atom. The van der Waals surface area contributed by atoms with Crippen LogP contribution in [-0.2, 0) is 4.79 Å². The van der Waals surface area contributed by atoms with Crippen LogP contribution in [0, 0.1) is 0 Å². The Hall–Kier alpha value is -1.75. The van der Waals surface area contributed by atoms with Gasteiger partial charge in [0.25, 0.3) is 5.91 Å². The number of rotatable bonds is 2. The molecule has 5 nitrogen and oxygen atoms in total. The number of benzene rings is 1. The van der Waals surface area contributed by atoms with E-state index in [0.29, 0.717) is 29.2 Å². The fourth-order valence-electron chi connectivity index (χ4n) is 1.64. The molecule has 1 fully saturated rings. The first-order valence-corrected chi connectivity index (χ1v) is 5.56. The fraction of sp³-hybridized carbons (Fsp3) is 0.273. The van der Waals surface area contributed by atoms with Crippen molar-refractivity contribution in [2.24, 2.45) is 0 Å². The SMILES string of the molecule is Nc1ccc(C(=O)NC2CNC(=O)C2)cc1Cl. The summed E-state index contributed by atoms with van der Waals surface area (Å²) in [6.07, 6.45) is 0.314. The first-order chi connectivity index (χ1) is 8.06. The Kier molecular flexibility index (Phi) is 3.19. The second-order valence-electron chi connectivity index (χ2n) is 3.91. The minimum atomic E-state index is -0.256. The van der Waals surface area contributed by atoms with Crippen molar-refractivity contribution in [3.8, 4) is 0 Å². The van der Waals surface area contributed by atoms with E-state index in [1.807, 2.05) is 0 Å². The van der Waals surface area contributed by atoms with Gasteiger partial charge in [-0.05, 0) is 18.2 Å². The highest BCUT2D eigenvalue weighted by molar-refractivity contribution is 6.33. The number of hydrogen-bond acceptors (Lipinski definition) is 3. The molecule has 2 amide bonds. The Bertz CT molecular complexity index is 476. The van der Waals surface area contributed by atoms with Crippen LogP contribution in [0.1, 0.15) is 16.8 Å². The third-order valence-corrected chi connectivity index (χ3v) is 2.90. The molecule has 2 rings (SSSR count). The molecule has 0 radical (unpaired) electrons. The summed E-state index contributed by atoms with van der Waals surface area (Å²) >= 11 is 5.83. The lowest BCUT2D eigenvalue weighted by Crippen LogP contribution is -2.36. The van der Waals surface area contributed by atoms with Crippen molar-refractivity contribution >= 4 is 29.1 Å². The predicted octanol–water partition coefficient (Wildman–Crippen LogP) is 0.541. The second kappa shape index (κ2) is 4.63. The van der Waals surface area contributed by atoms with Gasteiger partial charge in [-0.2, -0.15) is 0 Å². The van der Waals surface area contributed by atoms with Crippen LogP contribution < -0.4 is 16.4 Å². The average Bonchev–Trinajstić information content (AvgIpc) is 2.68. The van der Waals surface area contributed by atoms with E-state index >= 15 is 0 Å². The van der Waals surface area contributed by atoms with E-state index < -0.39 is 0 Å². The summed E-state index contributed by atoms with van der Waals surface area (Å²) in [7, 11) is 0. The van der Waals surface area contributed by atoms with Crippen LogP contribution >= 0.6 is 11.6 Å². The van der Waals surface area contributed by atoms with Crippen molar-refractivity contribution in [3.05, 3.63) is 28.8 Å². The van der Waals surface area contributed by atoms with Crippen LogP contribution in [0.4, 0.5) is 5.69 Å². The van der Waals surface area contributed by atoms with E-state index in [0.717, 1.165) is 0 Å². The second-order valence-corrected chi connectivity index (χ2v) is 4.32. The van der Waals surface area contributed by atoms with Crippen LogP contribution in [0.15, 0.2) is 18.2 Å². The number of halogens is 1. The molecule has 1 aliphatic heterocycles. The Morgan fingerprint density at radius 2 is 2.29 bits per heavy atom. The lowest BCUT2D eigenvalue weighted by molar-refractivity contribution is -0.119. The minimum Gasteiger partial charge on any atom is -0.398 e. The number of hydrogen-bond donors (Lipinski definition) is 3. The van der Waals surface area contributed by atoms with Gasteiger partial charge in [-0.15, -0.1) is 0 Å². The number of nitrogens with one attached hydrogen (secondary N) is 2. The van der Waals surface area contributed by atoms with E-state index in [-0.39, 0.29) is 17.9 Å². The molecule has 1 saturated heterocycles. The van der Waals surface area contributed by atoms with Gasteiger partial charge in [-0.1, -0.05) is 11.6 Å². The van der Waals surface area contributed by atoms with Gasteiger partial charge in [0.1, 0.15) is 0 Å². The monoisotopic (exact) mass is 253 g/mol. The molecule has 1 aromatic carbocycles. The summed E-state index contributed by atoms with van der Waals surface area (Å²) in [5.74, 6) is -0.306. The molecule has 1 heterocycles. The quantitative estimate of drug-likeness (QED) is 0.673. The predicted molar refractivity (Wildman–Crippen MR) is 64.7 cm³/mol. The summed E-state index contributed by atoms with van der Waals surface area (Å²) < 4.78 is 0. The molecule has 0 bridgehead atoms. The van der Waals surface area contributed by atoms with Gasteiger partial charge < -0.3 is 16.4 Å². The molecule has 0 aliphatic carbocycles. The summed E-state index contributed by atoms with van der Waals surface area (Å²) in [5, 5.41) is 5.74. The smallest absolute Gasteiger partial charge is 0.251 e. The van der Waals surface area contributed by atoms with E-state index in [4.69, 9.17) is 17.3 Å². The number of anilines is 1. The molecule has 17 heavy (non-hydrogen) atoms. The maximum atomic E-state index is 11.8. The van der Waals surface area contributed by atoms with Gasteiger partial charge in [-0.25, -0.2) is 0 Å². The third-order valence-electron chi connectivity index (χ3n) is 2.58. The summed E-state index contributed by atoms with van der Waals surface area (Å²) in [5.41, 5.74) is 6.42. The van der Waals surface area contributed by atoms with Crippen molar-refractivity contribution in [2.45, 2.75) is 12.5 Å². The molecular weight excluding hydrogens is 242 g/mol. The molecule has 1 atom stereocenters. The zero-order valence-electron chi connectivity index (χ0n) is 9.00. The lowest BCUT2D eigenvalue weighted by Gasteiger charge is -2.10. The molecule has 4 N–H and O–H groups in total. The summed E-state index contributed by atoms with van der Waals surface area (Å²) in [4.78, 5) is 22.8. The maximum absolute atomic E-state index is 11.8. The lowest BCUT2D eigenvalue weighted by atomic mass is 10.1. The highest BCUT2D eigenvalue weighted by Gasteiger charge is 2.23. The zero-order chi connectivity index (χ0) is 12.4. The van der Waals surface area contributed by atoms with Gasteiger partial charge in [0, 0.05) is 18.5 Å². The van der Waals surface area contributed by atoms with Crippen molar-refractivity contribution in [1.82, 2.24) is 10.6 Å². The third kappa shape index (κ3) is 2.68. The zero-order valence-corrected chi connectivity index (χ0v) is 9.75. The number of amides is 2. The standard InChI is InChI=1S/C11H12ClN3O2/c12-8-3-6(1-2-9(8)13)11(17)15-7-4-10(16)14-5-7/h1-3,7H,4-5,13H2,(H,14,16)(H,15,17). The van der Waals surface area contributed by atoms with Crippen LogP contribution in [-0.4, -0.2) is 24.4 Å². The molecule has 1 aliphatic rings. The topological polar surface area (TPSA) is 84.2 Å². The van der Waals surface area contributed by atoms with Crippen molar-refractivity contribution in [2.75, 3.05) is 12.3 Å². The van der Waals surface area contributed by atoms with E-state index in [2.05, 4.69) is 10.6 Å². The minimum absolute atomic E-state index is 0.0503. The number of carbonyl (C=O) groups excluding carboxylic acids is 2. The van der Waals surface area contributed by atoms with E-state index in [1.165, 1.54) is 6.07 Å². The molecule has 90 valence electrons. The molecule has 0 saturated carbocycles. The van der Waals surface area contributed by atoms with Gasteiger partial charge in [-0.3, -0.25) is 9.59 Å². The average molecular weight is 254 g/mol. The summed E-state index contributed by atoms with van der Waals surface area (Å²) in [6.45, 7) is 0.466. The van der Waals surface area contributed by atoms with E-state index in [9.17, 15) is 9.59 Å². The van der Waals surface area contributed by atoms with Gasteiger partial charge >= 0.3 is 0 Å². The molecule has 1 unspecified atom stereocenters. The van der Waals surface area contributed by atoms with E-state index in [1.54, 1.807) is 12.1 Å². The molecule has 1 aromatic rings. The first-order valence-electron chi connectivity index (χ1n) is 5.19. The maximum Gasteiger partial charge on any atom is 0.251 e. The van der Waals surface area contributed by atoms with Crippen LogP contribution in [0.5, 0.6) is 0 Å². The van der Waals surface area contributed by atoms with Crippen LogP contribution in [0.3, 0.4) is 0 Å². The molecule has 0 aromatic heterocycles. The van der Waals surface area contributed by atoms with Crippen molar-refractivity contribution < 1.29 is 9.59 Å². The Balaban J connectivity index is 2.04. The summed E-state index contributed by atoms with van der Waals surface area (Å²) in [6, 6.07) is 4.53. The van der Waals surface area contributed by atoms with Gasteiger partial charge in [0.15, 0.2) is 0 Å². The first kappa shape index (κ1) is 11.7. The Morgan fingerprint density at radius 3 is 2.88 bits per heavy atom.